The Morgan fingerprint density at radius 3 is 2.41 bits per heavy atom. The van der Waals surface area contributed by atoms with E-state index >= 15 is 0 Å². The maximum atomic E-state index is 11.2. The zero-order valence-electron chi connectivity index (χ0n) is 13.9. The minimum absolute atomic E-state index is 0.239. The highest BCUT2D eigenvalue weighted by molar-refractivity contribution is 5.73. The molecule has 0 heterocycles. The van der Waals surface area contributed by atoms with Crippen LogP contribution in [0.3, 0.4) is 0 Å². The number of rotatable bonds is 9. The summed E-state index contributed by atoms with van der Waals surface area (Å²) in [6.45, 7) is 6.05. The molecule has 0 radical (unpaired) electrons. The van der Waals surface area contributed by atoms with Crippen LogP contribution >= 0.6 is 0 Å². The summed E-state index contributed by atoms with van der Waals surface area (Å²) in [5.41, 5.74) is 0.898. The quantitative estimate of drug-likeness (QED) is 0.687. The smallest absolute Gasteiger partial charge is 0.320 e. The summed E-state index contributed by atoms with van der Waals surface area (Å²) in [5.74, 6) is -0.0135. The van der Waals surface area contributed by atoms with Crippen LogP contribution in [0.15, 0.2) is 24.3 Å². The van der Waals surface area contributed by atoms with Gasteiger partial charge in [0.15, 0.2) is 0 Å². The number of ether oxygens (including phenoxy) is 2. The van der Waals surface area contributed by atoms with Gasteiger partial charge in [-0.15, -0.1) is 0 Å². The monoisotopic (exact) mass is 309 g/mol. The van der Waals surface area contributed by atoms with Crippen LogP contribution in [-0.4, -0.2) is 36.6 Å². The SMILES string of the molecule is COc1ccc(CCCC(NCOC(C)(C)C)C(=O)O)cc1. The van der Waals surface area contributed by atoms with Gasteiger partial charge in [-0.25, -0.2) is 0 Å². The number of hydrogen-bond donors (Lipinski definition) is 2. The first-order chi connectivity index (χ1) is 10.3. The molecular formula is C17H27NO4. The number of aliphatic carboxylic acids is 1. The number of carboxylic acid groups (broad SMARTS) is 1. The maximum Gasteiger partial charge on any atom is 0.320 e. The summed E-state index contributed by atoms with van der Waals surface area (Å²) >= 11 is 0. The largest absolute Gasteiger partial charge is 0.497 e. The zero-order chi connectivity index (χ0) is 16.6. The highest BCUT2D eigenvalue weighted by Gasteiger charge is 2.18. The average Bonchev–Trinajstić information content (AvgIpc) is 2.45. The molecule has 0 saturated carbocycles. The molecule has 1 aromatic carbocycles. The zero-order valence-corrected chi connectivity index (χ0v) is 13.9. The van der Waals surface area contributed by atoms with E-state index in [1.807, 2.05) is 45.0 Å². The van der Waals surface area contributed by atoms with Crippen LogP contribution in [0, 0.1) is 0 Å². The Morgan fingerprint density at radius 2 is 1.91 bits per heavy atom. The molecule has 0 fully saturated rings. The molecule has 0 spiro atoms. The Hall–Kier alpha value is -1.59. The number of carbonyl (C=O) groups is 1. The van der Waals surface area contributed by atoms with Crippen molar-refractivity contribution in [2.75, 3.05) is 13.8 Å². The summed E-state index contributed by atoms with van der Waals surface area (Å²) in [5, 5.41) is 12.2. The molecule has 0 bridgehead atoms. The highest BCUT2D eigenvalue weighted by atomic mass is 16.5. The molecule has 0 saturated heterocycles. The van der Waals surface area contributed by atoms with Crippen molar-refractivity contribution in [3.63, 3.8) is 0 Å². The first-order valence-electron chi connectivity index (χ1n) is 7.55. The van der Waals surface area contributed by atoms with Gasteiger partial charge < -0.3 is 14.6 Å². The number of nitrogens with one attached hydrogen (secondary N) is 1. The Bertz CT molecular complexity index is 451. The van der Waals surface area contributed by atoms with Crippen LogP contribution in [0.4, 0.5) is 0 Å². The van der Waals surface area contributed by atoms with Gasteiger partial charge in [0.05, 0.1) is 19.4 Å². The fourth-order valence-electron chi connectivity index (χ4n) is 1.97. The molecule has 1 aromatic rings. The van der Waals surface area contributed by atoms with Gasteiger partial charge in [0, 0.05) is 0 Å². The second-order valence-corrected chi connectivity index (χ2v) is 6.24. The van der Waals surface area contributed by atoms with Gasteiger partial charge in [-0.2, -0.15) is 0 Å². The van der Waals surface area contributed by atoms with E-state index in [0.29, 0.717) is 6.42 Å². The van der Waals surface area contributed by atoms with Gasteiger partial charge in [0.2, 0.25) is 0 Å². The van der Waals surface area contributed by atoms with Gasteiger partial charge in [0.1, 0.15) is 11.8 Å². The lowest BCUT2D eigenvalue weighted by molar-refractivity contribution is -0.140. The van der Waals surface area contributed by atoms with E-state index in [9.17, 15) is 9.90 Å². The number of carboxylic acids is 1. The van der Waals surface area contributed by atoms with Gasteiger partial charge in [0.25, 0.3) is 0 Å². The van der Waals surface area contributed by atoms with E-state index in [2.05, 4.69) is 5.32 Å². The second kappa shape index (κ2) is 8.76. The third-order valence-electron chi connectivity index (χ3n) is 3.25. The van der Waals surface area contributed by atoms with Crippen LogP contribution in [0.25, 0.3) is 0 Å². The lowest BCUT2D eigenvalue weighted by atomic mass is 10.0. The Balaban J connectivity index is 2.35. The highest BCUT2D eigenvalue weighted by Crippen LogP contribution is 2.14. The van der Waals surface area contributed by atoms with Crippen LogP contribution in [0.2, 0.25) is 0 Å². The summed E-state index contributed by atoms with van der Waals surface area (Å²) in [6.07, 6.45) is 2.20. The molecule has 1 unspecified atom stereocenters. The van der Waals surface area contributed by atoms with Gasteiger partial charge >= 0.3 is 5.97 Å². The number of aryl methyl sites for hydroxylation is 1. The third kappa shape index (κ3) is 7.43. The van der Waals surface area contributed by atoms with Crippen molar-refractivity contribution < 1.29 is 19.4 Å². The fourth-order valence-corrected chi connectivity index (χ4v) is 1.97. The Kier molecular flexibility index (Phi) is 7.35. The minimum Gasteiger partial charge on any atom is -0.497 e. The lowest BCUT2D eigenvalue weighted by Crippen LogP contribution is -2.40. The van der Waals surface area contributed by atoms with Gasteiger partial charge in [-0.1, -0.05) is 12.1 Å². The summed E-state index contributed by atoms with van der Waals surface area (Å²) in [7, 11) is 1.64. The number of methoxy groups -OCH3 is 1. The minimum atomic E-state index is -0.841. The maximum absolute atomic E-state index is 11.2. The molecule has 0 aliphatic rings. The van der Waals surface area contributed by atoms with Crippen LogP contribution in [-0.2, 0) is 16.0 Å². The van der Waals surface area contributed by atoms with Crippen molar-refractivity contribution in [2.45, 2.75) is 51.7 Å². The topological polar surface area (TPSA) is 67.8 Å². The molecule has 0 aromatic heterocycles. The van der Waals surface area contributed by atoms with E-state index in [0.717, 1.165) is 18.6 Å². The van der Waals surface area contributed by atoms with Crippen molar-refractivity contribution in [3.8, 4) is 5.75 Å². The first kappa shape index (κ1) is 18.5. The Morgan fingerprint density at radius 1 is 1.27 bits per heavy atom. The van der Waals surface area contributed by atoms with Crippen molar-refractivity contribution in [3.05, 3.63) is 29.8 Å². The molecule has 2 N–H and O–H groups in total. The van der Waals surface area contributed by atoms with Crippen LogP contribution < -0.4 is 10.1 Å². The number of hydrogen-bond acceptors (Lipinski definition) is 4. The standard InChI is InChI=1S/C17H27NO4/c1-17(2,3)22-12-18-15(16(19)20)7-5-6-13-8-10-14(21-4)11-9-13/h8-11,15,18H,5-7,12H2,1-4H3,(H,19,20). The van der Waals surface area contributed by atoms with Crippen molar-refractivity contribution >= 4 is 5.97 Å². The summed E-state index contributed by atoms with van der Waals surface area (Å²) in [4.78, 5) is 11.2. The molecule has 5 heteroatoms. The van der Waals surface area contributed by atoms with E-state index in [4.69, 9.17) is 9.47 Å². The van der Waals surface area contributed by atoms with Crippen molar-refractivity contribution in [1.82, 2.24) is 5.32 Å². The van der Waals surface area contributed by atoms with Crippen molar-refractivity contribution in [2.24, 2.45) is 0 Å². The summed E-state index contributed by atoms with van der Waals surface area (Å²) < 4.78 is 10.6. The molecular weight excluding hydrogens is 282 g/mol. The van der Waals surface area contributed by atoms with E-state index in [1.165, 1.54) is 5.56 Å². The molecule has 22 heavy (non-hydrogen) atoms. The van der Waals surface area contributed by atoms with E-state index in [1.54, 1.807) is 7.11 Å². The normalized spacial score (nSPS) is 12.9. The molecule has 0 aliphatic carbocycles. The fraction of sp³-hybridized carbons (Fsp3) is 0.588. The predicted molar refractivity (Wildman–Crippen MR) is 86.2 cm³/mol. The molecule has 1 rings (SSSR count). The molecule has 0 amide bonds. The molecule has 1 atom stereocenters. The second-order valence-electron chi connectivity index (χ2n) is 6.24. The average molecular weight is 309 g/mol. The molecule has 5 nitrogen and oxygen atoms in total. The van der Waals surface area contributed by atoms with Crippen LogP contribution in [0.1, 0.15) is 39.2 Å². The van der Waals surface area contributed by atoms with Gasteiger partial charge in [-0.05, 0) is 57.7 Å². The lowest BCUT2D eigenvalue weighted by Gasteiger charge is -2.22. The van der Waals surface area contributed by atoms with Crippen molar-refractivity contribution in [1.29, 1.82) is 0 Å². The number of benzene rings is 1. The first-order valence-corrected chi connectivity index (χ1v) is 7.55. The third-order valence-corrected chi connectivity index (χ3v) is 3.25. The van der Waals surface area contributed by atoms with E-state index < -0.39 is 12.0 Å². The van der Waals surface area contributed by atoms with Gasteiger partial charge in [-0.3, -0.25) is 10.1 Å². The Labute approximate surface area is 132 Å². The molecule has 0 aliphatic heterocycles. The van der Waals surface area contributed by atoms with Crippen LogP contribution in [0.5, 0.6) is 5.75 Å². The predicted octanol–water partition coefficient (Wildman–Crippen LogP) is 2.83. The van der Waals surface area contributed by atoms with E-state index in [-0.39, 0.29) is 12.3 Å². The summed E-state index contributed by atoms with van der Waals surface area (Å²) in [6, 6.07) is 7.26. The molecule has 124 valence electrons.